The molecular formula is C12H24O11. The lowest BCUT2D eigenvalue weighted by Gasteiger charge is -2.42. The molecule has 1 saturated heterocycles. The molecule has 0 aliphatic carbocycles. The SMILES string of the molecule is OCC(O)[C@@H](O)[C@@H](O[C@@H]1OC(CO)[C@H](O)[C@H](O)C1O)C(O)CO. The van der Waals surface area contributed by atoms with Gasteiger partial charge in [0.05, 0.1) is 19.8 Å². The first-order valence-corrected chi connectivity index (χ1v) is 7.00. The van der Waals surface area contributed by atoms with Crippen molar-refractivity contribution in [2.75, 3.05) is 19.8 Å². The van der Waals surface area contributed by atoms with Crippen molar-refractivity contribution in [3.63, 3.8) is 0 Å². The van der Waals surface area contributed by atoms with Crippen LogP contribution in [0.3, 0.4) is 0 Å². The third-order valence-electron chi connectivity index (χ3n) is 3.62. The molecule has 11 heteroatoms. The van der Waals surface area contributed by atoms with Gasteiger partial charge >= 0.3 is 0 Å². The summed E-state index contributed by atoms with van der Waals surface area (Å²) in [6.45, 7) is -2.45. The molecule has 0 amide bonds. The Morgan fingerprint density at radius 1 is 0.826 bits per heavy atom. The zero-order valence-corrected chi connectivity index (χ0v) is 12.2. The quantitative estimate of drug-likeness (QED) is 0.203. The van der Waals surface area contributed by atoms with E-state index in [2.05, 4.69) is 0 Å². The van der Waals surface area contributed by atoms with E-state index in [0.717, 1.165) is 0 Å². The molecule has 0 aromatic heterocycles. The lowest BCUT2D eigenvalue weighted by Crippen LogP contribution is -2.61. The summed E-state index contributed by atoms with van der Waals surface area (Å²) in [5.74, 6) is 0. The van der Waals surface area contributed by atoms with E-state index in [4.69, 9.17) is 24.8 Å². The van der Waals surface area contributed by atoms with Gasteiger partial charge in [-0.05, 0) is 0 Å². The van der Waals surface area contributed by atoms with Crippen molar-refractivity contribution in [2.24, 2.45) is 0 Å². The molecule has 0 spiro atoms. The summed E-state index contributed by atoms with van der Waals surface area (Å²) in [7, 11) is 0. The first kappa shape index (κ1) is 20.6. The highest BCUT2D eigenvalue weighted by Gasteiger charge is 2.46. The average Bonchev–Trinajstić information content (AvgIpc) is 2.57. The van der Waals surface area contributed by atoms with Gasteiger partial charge in [0.25, 0.3) is 0 Å². The van der Waals surface area contributed by atoms with Gasteiger partial charge in [0, 0.05) is 0 Å². The standard InChI is InChI=1S/C12H24O11/c13-1-4(16)7(18)11(5(17)2-14)23-12-10(21)9(20)8(19)6(3-15)22-12/h4-21H,1-3H2/t4?,5?,6?,7-,8+,9+,10?,11+,12+/m1/s1. The van der Waals surface area contributed by atoms with Crippen LogP contribution in [0.15, 0.2) is 0 Å². The number of aliphatic hydroxyl groups is 9. The zero-order valence-electron chi connectivity index (χ0n) is 12.2. The fourth-order valence-corrected chi connectivity index (χ4v) is 2.16. The van der Waals surface area contributed by atoms with Crippen molar-refractivity contribution in [1.82, 2.24) is 0 Å². The van der Waals surface area contributed by atoms with E-state index in [1.165, 1.54) is 0 Å². The van der Waals surface area contributed by atoms with Crippen LogP contribution in [-0.4, -0.2) is 121 Å². The molecule has 0 saturated carbocycles. The Hall–Kier alpha value is -0.440. The van der Waals surface area contributed by atoms with Crippen LogP contribution < -0.4 is 0 Å². The number of hydrogen-bond donors (Lipinski definition) is 9. The Bertz CT molecular complexity index is 341. The van der Waals surface area contributed by atoms with E-state index in [1.54, 1.807) is 0 Å². The highest BCUT2D eigenvalue weighted by atomic mass is 16.7. The fourth-order valence-electron chi connectivity index (χ4n) is 2.16. The second-order valence-corrected chi connectivity index (χ2v) is 5.29. The molecule has 11 nitrogen and oxygen atoms in total. The topological polar surface area (TPSA) is 201 Å². The number of hydrogen-bond acceptors (Lipinski definition) is 11. The number of aliphatic hydroxyl groups excluding tert-OH is 9. The summed E-state index contributed by atoms with van der Waals surface area (Å²) in [5, 5.41) is 84.9. The summed E-state index contributed by atoms with van der Waals surface area (Å²) in [4.78, 5) is 0. The van der Waals surface area contributed by atoms with Gasteiger partial charge in [-0.1, -0.05) is 0 Å². The lowest BCUT2D eigenvalue weighted by atomic mass is 9.98. The van der Waals surface area contributed by atoms with Gasteiger partial charge < -0.3 is 55.4 Å². The van der Waals surface area contributed by atoms with E-state index in [0.29, 0.717) is 0 Å². The summed E-state index contributed by atoms with van der Waals surface area (Å²) in [5.41, 5.74) is 0. The molecule has 23 heavy (non-hydrogen) atoms. The van der Waals surface area contributed by atoms with Crippen molar-refractivity contribution >= 4 is 0 Å². The maximum Gasteiger partial charge on any atom is 0.187 e. The van der Waals surface area contributed by atoms with Gasteiger partial charge in [-0.25, -0.2) is 0 Å². The Labute approximate surface area is 131 Å². The third-order valence-corrected chi connectivity index (χ3v) is 3.62. The van der Waals surface area contributed by atoms with Gasteiger partial charge in [-0.3, -0.25) is 0 Å². The van der Waals surface area contributed by atoms with Crippen LogP contribution in [0.5, 0.6) is 0 Å². The van der Waals surface area contributed by atoms with Crippen molar-refractivity contribution in [3.8, 4) is 0 Å². The minimum Gasteiger partial charge on any atom is -0.394 e. The minimum atomic E-state index is -1.85. The third kappa shape index (κ3) is 4.78. The average molecular weight is 344 g/mol. The molecule has 138 valence electrons. The van der Waals surface area contributed by atoms with Crippen LogP contribution in [-0.2, 0) is 9.47 Å². The van der Waals surface area contributed by atoms with Crippen molar-refractivity contribution < 1.29 is 55.4 Å². The van der Waals surface area contributed by atoms with Crippen molar-refractivity contribution in [1.29, 1.82) is 0 Å². The van der Waals surface area contributed by atoms with Crippen molar-refractivity contribution in [3.05, 3.63) is 0 Å². The highest BCUT2D eigenvalue weighted by molar-refractivity contribution is 4.91. The summed E-state index contributed by atoms with van der Waals surface area (Å²) < 4.78 is 10.1. The zero-order chi connectivity index (χ0) is 17.7. The predicted molar refractivity (Wildman–Crippen MR) is 70.8 cm³/mol. The molecule has 0 bridgehead atoms. The van der Waals surface area contributed by atoms with Gasteiger partial charge in [-0.2, -0.15) is 0 Å². The van der Waals surface area contributed by atoms with Gasteiger partial charge in [0.1, 0.15) is 48.8 Å². The monoisotopic (exact) mass is 344 g/mol. The lowest BCUT2D eigenvalue weighted by molar-refractivity contribution is -0.327. The van der Waals surface area contributed by atoms with Crippen LogP contribution >= 0.6 is 0 Å². The van der Waals surface area contributed by atoms with Gasteiger partial charge in [0.15, 0.2) is 6.29 Å². The molecule has 9 N–H and O–H groups in total. The molecule has 1 heterocycles. The summed E-state index contributed by atoms with van der Waals surface area (Å²) in [6, 6.07) is 0. The molecule has 1 rings (SSSR count). The van der Waals surface area contributed by atoms with Gasteiger partial charge in [0.2, 0.25) is 0 Å². The molecule has 1 aliphatic heterocycles. The van der Waals surface area contributed by atoms with Crippen LogP contribution in [0.25, 0.3) is 0 Å². The Morgan fingerprint density at radius 2 is 1.39 bits per heavy atom. The Morgan fingerprint density at radius 3 is 1.87 bits per heavy atom. The van der Waals surface area contributed by atoms with Crippen LogP contribution in [0, 0.1) is 0 Å². The second-order valence-electron chi connectivity index (χ2n) is 5.29. The van der Waals surface area contributed by atoms with E-state index in [9.17, 15) is 30.6 Å². The fraction of sp³-hybridized carbons (Fsp3) is 1.00. The molecule has 1 aliphatic rings. The molecule has 9 atom stereocenters. The Kier molecular flexibility index (Phi) is 8.20. The van der Waals surface area contributed by atoms with Crippen LogP contribution in [0.4, 0.5) is 0 Å². The van der Waals surface area contributed by atoms with Crippen molar-refractivity contribution in [2.45, 2.75) is 55.1 Å². The molecule has 0 aromatic rings. The minimum absolute atomic E-state index is 0.708. The highest BCUT2D eigenvalue weighted by Crippen LogP contribution is 2.24. The summed E-state index contributed by atoms with van der Waals surface area (Å²) in [6.07, 6.45) is -15.1. The predicted octanol–water partition coefficient (Wildman–Crippen LogP) is -5.76. The maximum absolute atomic E-state index is 9.83. The molecule has 0 aromatic carbocycles. The first-order valence-electron chi connectivity index (χ1n) is 7.00. The normalized spacial score (nSPS) is 37.2. The summed E-state index contributed by atoms with van der Waals surface area (Å²) >= 11 is 0. The van der Waals surface area contributed by atoms with E-state index >= 15 is 0 Å². The van der Waals surface area contributed by atoms with E-state index in [1.807, 2.05) is 0 Å². The largest absolute Gasteiger partial charge is 0.394 e. The van der Waals surface area contributed by atoms with Crippen LogP contribution in [0.1, 0.15) is 0 Å². The molecule has 1 fully saturated rings. The van der Waals surface area contributed by atoms with E-state index in [-0.39, 0.29) is 0 Å². The second kappa shape index (κ2) is 9.15. The molecular weight excluding hydrogens is 320 g/mol. The maximum atomic E-state index is 9.83. The number of rotatable bonds is 8. The number of ether oxygens (including phenoxy) is 2. The van der Waals surface area contributed by atoms with E-state index < -0.39 is 74.9 Å². The Balaban J connectivity index is 2.89. The smallest absolute Gasteiger partial charge is 0.187 e. The van der Waals surface area contributed by atoms with Gasteiger partial charge in [-0.15, -0.1) is 0 Å². The van der Waals surface area contributed by atoms with Crippen LogP contribution in [0.2, 0.25) is 0 Å². The first-order chi connectivity index (χ1) is 10.8. The molecule has 0 radical (unpaired) electrons. The molecule has 4 unspecified atom stereocenters.